The van der Waals surface area contributed by atoms with Gasteiger partial charge in [-0.25, -0.2) is 0 Å². The van der Waals surface area contributed by atoms with E-state index < -0.39 is 0 Å². The van der Waals surface area contributed by atoms with Crippen molar-refractivity contribution in [2.75, 3.05) is 31.7 Å². The lowest BCUT2D eigenvalue weighted by molar-refractivity contribution is -0.143. The van der Waals surface area contributed by atoms with E-state index in [1.807, 2.05) is 6.07 Å². The van der Waals surface area contributed by atoms with Crippen molar-refractivity contribution in [1.82, 2.24) is 0 Å². The molecule has 0 N–H and O–H groups in total. The van der Waals surface area contributed by atoms with Crippen molar-refractivity contribution in [1.29, 1.82) is 0 Å². The van der Waals surface area contributed by atoms with Crippen LogP contribution in [0.4, 0.5) is 5.69 Å². The molecule has 0 saturated carbocycles. The summed E-state index contributed by atoms with van der Waals surface area (Å²) in [6, 6.07) is 5.41. The second-order valence-corrected chi connectivity index (χ2v) is 4.79. The van der Waals surface area contributed by atoms with Gasteiger partial charge < -0.3 is 14.4 Å². The van der Waals surface area contributed by atoms with Crippen molar-refractivity contribution in [3.05, 3.63) is 23.8 Å². The van der Waals surface area contributed by atoms with Crippen LogP contribution >= 0.6 is 0 Å². The van der Waals surface area contributed by atoms with Gasteiger partial charge in [0.05, 0.1) is 25.8 Å². The van der Waals surface area contributed by atoms with Crippen molar-refractivity contribution in [3.8, 4) is 5.75 Å². The minimum Gasteiger partial charge on any atom is -0.495 e. The highest BCUT2D eigenvalue weighted by Gasteiger charge is 2.14. The molecule has 0 radical (unpaired) electrons. The Labute approximate surface area is 132 Å². The standard InChI is InChI=1S/C17H25NO4/c1-5-18(6-2)14-9-8-13(12-16(14)21-4)15(19)10-11-17(20)22-7-3/h8-9,12H,5-7,10-11H2,1-4H3. The molecule has 122 valence electrons. The number of methoxy groups -OCH3 is 1. The molecule has 0 fully saturated rings. The normalized spacial score (nSPS) is 10.2. The van der Waals surface area contributed by atoms with Crippen molar-refractivity contribution in [3.63, 3.8) is 0 Å². The Hall–Kier alpha value is -2.04. The topological polar surface area (TPSA) is 55.8 Å². The minimum absolute atomic E-state index is 0.0857. The first kappa shape index (κ1) is 18.0. The van der Waals surface area contributed by atoms with Crippen LogP contribution in [0.5, 0.6) is 5.75 Å². The summed E-state index contributed by atoms with van der Waals surface area (Å²) in [6.07, 6.45) is 0.249. The van der Waals surface area contributed by atoms with Gasteiger partial charge >= 0.3 is 5.97 Å². The number of Topliss-reactive ketones (excluding diaryl/α,β-unsaturated/α-hetero) is 1. The second kappa shape index (κ2) is 9.07. The van der Waals surface area contributed by atoms with Gasteiger partial charge in [-0.2, -0.15) is 0 Å². The molecule has 0 amide bonds. The number of ketones is 1. The summed E-state index contributed by atoms with van der Waals surface area (Å²) in [5, 5.41) is 0. The minimum atomic E-state index is -0.345. The van der Waals surface area contributed by atoms with E-state index in [1.165, 1.54) is 0 Å². The average Bonchev–Trinajstić information content (AvgIpc) is 2.54. The summed E-state index contributed by atoms with van der Waals surface area (Å²) in [4.78, 5) is 25.6. The number of carbonyl (C=O) groups is 2. The maximum Gasteiger partial charge on any atom is 0.306 e. The van der Waals surface area contributed by atoms with E-state index in [1.54, 1.807) is 26.2 Å². The van der Waals surface area contributed by atoms with Crippen molar-refractivity contribution >= 4 is 17.4 Å². The van der Waals surface area contributed by atoms with E-state index in [0.717, 1.165) is 18.8 Å². The van der Waals surface area contributed by atoms with Crippen LogP contribution in [-0.4, -0.2) is 38.6 Å². The predicted molar refractivity (Wildman–Crippen MR) is 86.8 cm³/mol. The number of hydrogen-bond donors (Lipinski definition) is 0. The van der Waals surface area contributed by atoms with Gasteiger partial charge in [0, 0.05) is 25.1 Å². The van der Waals surface area contributed by atoms with E-state index in [0.29, 0.717) is 17.9 Å². The Balaban J connectivity index is 2.84. The molecule has 0 saturated heterocycles. The van der Waals surface area contributed by atoms with Crippen molar-refractivity contribution in [2.24, 2.45) is 0 Å². The molecule has 5 nitrogen and oxygen atoms in total. The first-order valence-electron chi connectivity index (χ1n) is 7.69. The molecule has 0 heterocycles. The zero-order chi connectivity index (χ0) is 16.5. The van der Waals surface area contributed by atoms with E-state index in [9.17, 15) is 9.59 Å². The second-order valence-electron chi connectivity index (χ2n) is 4.79. The molecular formula is C17H25NO4. The third-order valence-electron chi connectivity index (χ3n) is 3.47. The van der Waals surface area contributed by atoms with Crippen molar-refractivity contribution in [2.45, 2.75) is 33.6 Å². The molecule has 0 aliphatic carbocycles. The van der Waals surface area contributed by atoms with Crippen molar-refractivity contribution < 1.29 is 19.1 Å². The summed E-state index contributed by atoms with van der Waals surface area (Å²) >= 11 is 0. The number of ether oxygens (including phenoxy) is 2. The maximum atomic E-state index is 12.2. The van der Waals surface area contributed by atoms with Gasteiger partial charge in [-0.3, -0.25) is 9.59 Å². The number of nitrogens with zero attached hydrogens (tertiary/aromatic N) is 1. The quantitative estimate of drug-likeness (QED) is 0.518. The molecular weight excluding hydrogens is 282 g/mol. The van der Waals surface area contributed by atoms with E-state index in [-0.39, 0.29) is 24.6 Å². The molecule has 0 bridgehead atoms. The van der Waals surface area contributed by atoms with E-state index in [4.69, 9.17) is 9.47 Å². The number of esters is 1. The molecule has 1 aromatic carbocycles. The SMILES string of the molecule is CCOC(=O)CCC(=O)c1ccc(N(CC)CC)c(OC)c1. The first-order chi connectivity index (χ1) is 10.6. The summed E-state index contributed by atoms with van der Waals surface area (Å²) < 4.78 is 10.2. The van der Waals surface area contributed by atoms with Gasteiger partial charge in [-0.15, -0.1) is 0 Å². The number of hydrogen-bond acceptors (Lipinski definition) is 5. The lowest BCUT2D eigenvalue weighted by Gasteiger charge is -2.23. The zero-order valence-corrected chi connectivity index (χ0v) is 13.8. The molecule has 5 heteroatoms. The largest absolute Gasteiger partial charge is 0.495 e. The lowest BCUT2D eigenvalue weighted by Crippen LogP contribution is -2.22. The zero-order valence-electron chi connectivity index (χ0n) is 13.8. The number of benzene rings is 1. The highest BCUT2D eigenvalue weighted by atomic mass is 16.5. The lowest BCUT2D eigenvalue weighted by atomic mass is 10.1. The molecule has 1 rings (SSSR count). The number of rotatable bonds is 9. The Morgan fingerprint density at radius 3 is 2.32 bits per heavy atom. The maximum absolute atomic E-state index is 12.2. The van der Waals surface area contributed by atoms with Gasteiger partial charge in [-0.1, -0.05) is 0 Å². The monoisotopic (exact) mass is 307 g/mol. The summed E-state index contributed by atoms with van der Waals surface area (Å²) in [6.45, 7) is 7.95. The fraction of sp³-hybridized carbons (Fsp3) is 0.529. The molecule has 0 unspecified atom stereocenters. The number of anilines is 1. The van der Waals surface area contributed by atoms with Crippen LogP contribution in [0, 0.1) is 0 Å². The predicted octanol–water partition coefficient (Wildman–Crippen LogP) is 3.07. The molecule has 0 aromatic heterocycles. The first-order valence-corrected chi connectivity index (χ1v) is 7.69. The average molecular weight is 307 g/mol. The van der Waals surface area contributed by atoms with Crippen LogP contribution in [0.15, 0.2) is 18.2 Å². The molecule has 1 aromatic rings. The Morgan fingerprint density at radius 2 is 1.77 bits per heavy atom. The van der Waals surface area contributed by atoms with Gasteiger partial charge in [0.2, 0.25) is 0 Å². The molecule has 22 heavy (non-hydrogen) atoms. The van der Waals surface area contributed by atoms with E-state index in [2.05, 4.69) is 18.7 Å². The molecule has 0 aliphatic heterocycles. The summed E-state index contributed by atoms with van der Waals surface area (Å²) in [5.41, 5.74) is 1.52. The number of carbonyl (C=O) groups excluding carboxylic acids is 2. The van der Waals surface area contributed by atoms with Crippen LogP contribution < -0.4 is 9.64 Å². The van der Waals surface area contributed by atoms with Crippen LogP contribution in [0.1, 0.15) is 44.0 Å². The molecule has 0 atom stereocenters. The van der Waals surface area contributed by atoms with Gasteiger partial charge in [0.1, 0.15) is 5.75 Å². The van der Waals surface area contributed by atoms with Gasteiger partial charge in [0.15, 0.2) is 5.78 Å². The van der Waals surface area contributed by atoms with Crippen LogP contribution in [0.25, 0.3) is 0 Å². The van der Waals surface area contributed by atoms with Crippen LogP contribution in [-0.2, 0) is 9.53 Å². The summed E-state index contributed by atoms with van der Waals surface area (Å²) in [5.74, 6) is 0.241. The Bertz CT molecular complexity index is 509. The molecule has 0 aliphatic rings. The highest BCUT2D eigenvalue weighted by Crippen LogP contribution is 2.29. The van der Waals surface area contributed by atoms with Crippen LogP contribution in [0.2, 0.25) is 0 Å². The van der Waals surface area contributed by atoms with Gasteiger partial charge in [-0.05, 0) is 39.0 Å². The van der Waals surface area contributed by atoms with Gasteiger partial charge in [0.25, 0.3) is 0 Å². The smallest absolute Gasteiger partial charge is 0.306 e. The Kier molecular flexibility index (Phi) is 7.43. The van der Waals surface area contributed by atoms with Crippen LogP contribution in [0.3, 0.4) is 0 Å². The fourth-order valence-electron chi connectivity index (χ4n) is 2.27. The third kappa shape index (κ3) is 4.76. The highest BCUT2D eigenvalue weighted by molar-refractivity contribution is 5.98. The Morgan fingerprint density at radius 1 is 1.09 bits per heavy atom. The van der Waals surface area contributed by atoms with E-state index >= 15 is 0 Å². The summed E-state index contributed by atoms with van der Waals surface area (Å²) in [7, 11) is 1.59. The molecule has 0 spiro atoms. The fourth-order valence-corrected chi connectivity index (χ4v) is 2.27. The third-order valence-corrected chi connectivity index (χ3v) is 3.47.